The lowest BCUT2D eigenvalue weighted by Gasteiger charge is -2.18. The fourth-order valence-electron chi connectivity index (χ4n) is 6.31. The van der Waals surface area contributed by atoms with Crippen molar-refractivity contribution < 1.29 is 20.4 Å². The maximum absolute atomic E-state index is 9.53. The number of hydrogen-bond acceptors (Lipinski definition) is 4. The Bertz CT molecular complexity index is 1250. The van der Waals surface area contributed by atoms with Gasteiger partial charge in [-0.15, -0.1) is 0 Å². The summed E-state index contributed by atoms with van der Waals surface area (Å²) in [7, 11) is 0. The number of hydrogen-bond donors (Lipinski definition) is 4. The van der Waals surface area contributed by atoms with Crippen LogP contribution in [-0.4, -0.2) is 20.4 Å². The lowest BCUT2D eigenvalue weighted by Crippen LogP contribution is -2.01. The fourth-order valence-corrected chi connectivity index (χ4v) is 6.31. The highest BCUT2D eigenvalue weighted by Gasteiger charge is 2.15. The molecule has 0 aliphatic rings. The fraction of sp³-hybridized carbons (Fsp3) is 0.442. The van der Waals surface area contributed by atoms with Crippen LogP contribution in [0.3, 0.4) is 0 Å². The SMILES string of the molecule is CCCCCCCCC(c1ccc(O)cc1)c1ccc(O)cc1.CCCCCCCCCC(c1ccc(O)cc1)c1ccc(O)cc1. The zero-order chi connectivity index (χ0) is 33.7. The van der Waals surface area contributed by atoms with E-state index in [1.807, 2.05) is 48.5 Å². The van der Waals surface area contributed by atoms with Gasteiger partial charge in [-0.2, -0.15) is 0 Å². The first-order valence-electron chi connectivity index (χ1n) is 18.1. The topological polar surface area (TPSA) is 80.9 Å². The van der Waals surface area contributed by atoms with Crippen LogP contribution in [-0.2, 0) is 0 Å². The van der Waals surface area contributed by atoms with Gasteiger partial charge in [0, 0.05) is 11.8 Å². The largest absolute Gasteiger partial charge is 0.508 e. The van der Waals surface area contributed by atoms with Gasteiger partial charge in [-0.05, 0) is 83.6 Å². The van der Waals surface area contributed by atoms with Crippen LogP contribution in [0.25, 0.3) is 0 Å². The van der Waals surface area contributed by atoms with Crippen molar-refractivity contribution in [2.75, 3.05) is 0 Å². The monoisotopic (exact) mass is 638 g/mol. The lowest BCUT2D eigenvalue weighted by molar-refractivity contribution is 0.473. The lowest BCUT2D eigenvalue weighted by atomic mass is 9.86. The third kappa shape index (κ3) is 14.2. The van der Waals surface area contributed by atoms with Crippen molar-refractivity contribution in [3.05, 3.63) is 119 Å². The summed E-state index contributed by atoms with van der Waals surface area (Å²) >= 11 is 0. The molecule has 0 amide bonds. The van der Waals surface area contributed by atoms with Gasteiger partial charge in [0.05, 0.1) is 0 Å². The van der Waals surface area contributed by atoms with Crippen molar-refractivity contribution in [1.82, 2.24) is 0 Å². The van der Waals surface area contributed by atoms with Crippen LogP contribution in [0.5, 0.6) is 23.0 Å². The van der Waals surface area contributed by atoms with Gasteiger partial charge < -0.3 is 20.4 Å². The second kappa shape index (κ2) is 21.8. The quantitative estimate of drug-likeness (QED) is 0.0770. The van der Waals surface area contributed by atoms with E-state index in [-0.39, 0.29) is 0 Å². The van der Waals surface area contributed by atoms with Crippen LogP contribution < -0.4 is 0 Å². The van der Waals surface area contributed by atoms with Crippen LogP contribution in [0, 0.1) is 0 Å². The van der Waals surface area contributed by atoms with Gasteiger partial charge in [0.25, 0.3) is 0 Å². The van der Waals surface area contributed by atoms with E-state index >= 15 is 0 Å². The van der Waals surface area contributed by atoms with E-state index in [9.17, 15) is 20.4 Å². The summed E-state index contributed by atoms with van der Waals surface area (Å²) in [5.41, 5.74) is 4.90. The number of unbranched alkanes of at least 4 members (excludes halogenated alkanes) is 11. The Morgan fingerprint density at radius 3 is 0.766 bits per heavy atom. The van der Waals surface area contributed by atoms with Crippen LogP contribution in [0.15, 0.2) is 97.1 Å². The molecule has 0 aliphatic heterocycles. The molecule has 0 unspecified atom stereocenters. The molecule has 0 spiro atoms. The normalized spacial score (nSPS) is 11.1. The molecule has 0 bridgehead atoms. The molecule has 0 atom stereocenters. The minimum Gasteiger partial charge on any atom is -0.508 e. The molecule has 4 aromatic carbocycles. The molecule has 0 fully saturated rings. The molecule has 0 heterocycles. The third-order valence-electron chi connectivity index (χ3n) is 9.12. The first-order chi connectivity index (χ1) is 22.9. The molecule has 4 N–H and O–H groups in total. The van der Waals surface area contributed by atoms with E-state index in [1.54, 1.807) is 48.5 Å². The van der Waals surface area contributed by atoms with Crippen LogP contribution in [0.4, 0.5) is 0 Å². The zero-order valence-electron chi connectivity index (χ0n) is 28.8. The molecule has 4 aromatic rings. The number of rotatable bonds is 19. The van der Waals surface area contributed by atoms with Crippen molar-refractivity contribution in [1.29, 1.82) is 0 Å². The summed E-state index contributed by atoms with van der Waals surface area (Å²) in [6, 6.07) is 30.1. The molecule has 4 rings (SSSR count). The number of phenolic OH excluding ortho intramolecular Hbond substituents is 4. The zero-order valence-corrected chi connectivity index (χ0v) is 28.8. The van der Waals surface area contributed by atoms with Gasteiger partial charge >= 0.3 is 0 Å². The number of benzene rings is 4. The first kappa shape index (κ1) is 37.5. The average Bonchev–Trinajstić information content (AvgIpc) is 3.08. The smallest absolute Gasteiger partial charge is 0.115 e. The molecular weight excluding hydrogens is 580 g/mol. The minimum atomic E-state index is 0.303. The molecule has 47 heavy (non-hydrogen) atoms. The maximum Gasteiger partial charge on any atom is 0.115 e. The van der Waals surface area contributed by atoms with Gasteiger partial charge in [0.2, 0.25) is 0 Å². The Labute approximate surface area is 284 Å². The van der Waals surface area contributed by atoms with E-state index in [4.69, 9.17) is 0 Å². The van der Waals surface area contributed by atoms with Gasteiger partial charge in [0.1, 0.15) is 23.0 Å². The Morgan fingerprint density at radius 1 is 0.319 bits per heavy atom. The summed E-state index contributed by atoms with van der Waals surface area (Å²) in [5, 5.41) is 38.1. The van der Waals surface area contributed by atoms with Crippen molar-refractivity contribution in [3.8, 4) is 23.0 Å². The van der Waals surface area contributed by atoms with Crippen molar-refractivity contribution in [2.45, 2.75) is 122 Å². The highest BCUT2D eigenvalue weighted by Crippen LogP contribution is 2.33. The maximum atomic E-state index is 9.53. The van der Waals surface area contributed by atoms with Crippen LogP contribution in [0.1, 0.15) is 144 Å². The summed E-state index contributed by atoms with van der Waals surface area (Å²) < 4.78 is 0. The van der Waals surface area contributed by atoms with E-state index in [1.165, 1.54) is 106 Å². The van der Waals surface area contributed by atoms with Gasteiger partial charge in [-0.1, -0.05) is 146 Å². The van der Waals surface area contributed by atoms with Crippen molar-refractivity contribution in [3.63, 3.8) is 0 Å². The second-order valence-electron chi connectivity index (χ2n) is 12.9. The van der Waals surface area contributed by atoms with E-state index in [0.717, 1.165) is 12.8 Å². The van der Waals surface area contributed by atoms with Crippen molar-refractivity contribution >= 4 is 0 Å². The highest BCUT2D eigenvalue weighted by atomic mass is 16.3. The summed E-state index contributed by atoms with van der Waals surface area (Å²) in [6.07, 6.45) is 19.1. The number of phenols is 4. The Kier molecular flexibility index (Phi) is 17.4. The average molecular weight is 639 g/mol. The van der Waals surface area contributed by atoms with E-state index in [2.05, 4.69) is 13.8 Å². The molecule has 4 nitrogen and oxygen atoms in total. The molecule has 0 aliphatic carbocycles. The Morgan fingerprint density at radius 2 is 0.532 bits per heavy atom. The molecular formula is C43H58O4. The first-order valence-corrected chi connectivity index (χ1v) is 18.1. The van der Waals surface area contributed by atoms with Crippen LogP contribution in [0.2, 0.25) is 0 Å². The summed E-state index contributed by atoms with van der Waals surface area (Å²) in [4.78, 5) is 0. The van der Waals surface area contributed by atoms with Gasteiger partial charge in [-0.25, -0.2) is 0 Å². The van der Waals surface area contributed by atoms with E-state index in [0.29, 0.717) is 34.8 Å². The highest BCUT2D eigenvalue weighted by molar-refractivity contribution is 5.39. The second-order valence-corrected chi connectivity index (χ2v) is 12.9. The predicted octanol–water partition coefficient (Wildman–Crippen LogP) is 12.4. The third-order valence-corrected chi connectivity index (χ3v) is 9.12. The molecule has 4 heteroatoms. The minimum absolute atomic E-state index is 0.303. The Hall–Kier alpha value is -3.92. The Balaban J connectivity index is 0.000000256. The summed E-state index contributed by atoms with van der Waals surface area (Å²) in [5.74, 6) is 1.86. The van der Waals surface area contributed by atoms with E-state index < -0.39 is 0 Å². The molecule has 0 radical (unpaired) electrons. The molecule has 0 saturated carbocycles. The summed E-state index contributed by atoms with van der Waals surface area (Å²) in [6.45, 7) is 4.49. The number of aromatic hydroxyl groups is 4. The van der Waals surface area contributed by atoms with Gasteiger partial charge in [-0.3, -0.25) is 0 Å². The van der Waals surface area contributed by atoms with Gasteiger partial charge in [0.15, 0.2) is 0 Å². The predicted molar refractivity (Wildman–Crippen MR) is 197 cm³/mol. The molecule has 0 aromatic heterocycles. The van der Waals surface area contributed by atoms with Crippen LogP contribution >= 0.6 is 0 Å². The molecule has 254 valence electrons. The van der Waals surface area contributed by atoms with Crippen molar-refractivity contribution in [2.24, 2.45) is 0 Å². The molecule has 0 saturated heterocycles. The standard InChI is InChI=1S/C22H30O2.C21H28O2/c1-2-3-4-5-6-7-8-9-22(18-10-14-20(23)15-11-18)19-12-16-21(24)17-13-19;1-2-3-4-5-6-7-8-21(17-9-13-19(22)14-10-17)18-11-15-20(23)16-12-18/h10-17,22-24H,2-9H2,1H3;9-16,21-23H,2-8H2,1H3.